The quantitative estimate of drug-likeness (QED) is 0.798. The van der Waals surface area contributed by atoms with E-state index < -0.39 is 0 Å². The average molecular weight is 239 g/mol. The maximum Gasteiger partial charge on any atom is 0.226 e. The first-order valence-corrected chi connectivity index (χ1v) is 6.51. The van der Waals surface area contributed by atoms with E-state index in [1.165, 1.54) is 0 Å². The van der Waals surface area contributed by atoms with Gasteiger partial charge >= 0.3 is 0 Å². The molecule has 1 saturated heterocycles. The van der Waals surface area contributed by atoms with E-state index in [0.717, 1.165) is 32.4 Å². The summed E-state index contributed by atoms with van der Waals surface area (Å²) in [5.41, 5.74) is 0.0201. The minimum Gasteiger partial charge on any atom is -0.396 e. The van der Waals surface area contributed by atoms with E-state index in [9.17, 15) is 14.7 Å². The minimum absolute atomic E-state index is 0.0201. The van der Waals surface area contributed by atoms with Crippen molar-refractivity contribution < 1.29 is 14.7 Å². The number of piperidine rings is 1. The first-order valence-electron chi connectivity index (χ1n) is 6.51. The average Bonchev–Trinajstić information content (AvgIpc) is 2.34. The van der Waals surface area contributed by atoms with Crippen LogP contribution >= 0.6 is 0 Å². The van der Waals surface area contributed by atoms with Crippen LogP contribution in [-0.2, 0) is 9.59 Å². The van der Waals surface area contributed by atoms with Gasteiger partial charge in [0, 0.05) is 32.5 Å². The number of carbonyl (C=O) groups is 2. The lowest BCUT2D eigenvalue weighted by Crippen LogP contribution is -2.48. The summed E-state index contributed by atoms with van der Waals surface area (Å²) in [5.74, 6) is 0.302. The Morgan fingerprint density at radius 2 is 2.00 bits per heavy atom. The zero-order chi connectivity index (χ0) is 12.5. The van der Waals surface area contributed by atoms with Crippen molar-refractivity contribution in [1.29, 1.82) is 0 Å². The van der Waals surface area contributed by atoms with E-state index in [1.807, 2.05) is 4.90 Å². The van der Waals surface area contributed by atoms with Gasteiger partial charge in [0.25, 0.3) is 0 Å². The molecule has 0 aromatic carbocycles. The number of aliphatic hydroxyl groups is 1. The van der Waals surface area contributed by atoms with E-state index in [2.05, 4.69) is 6.92 Å². The molecule has 2 aliphatic rings. The number of aliphatic hydroxyl groups excluding tert-OH is 1. The molecular formula is C13H21NO3. The van der Waals surface area contributed by atoms with Crippen LogP contribution in [0.15, 0.2) is 0 Å². The topological polar surface area (TPSA) is 57.6 Å². The number of nitrogens with zero attached hydrogens (tertiary/aromatic N) is 1. The van der Waals surface area contributed by atoms with Crippen molar-refractivity contribution in [3.8, 4) is 0 Å². The lowest BCUT2D eigenvalue weighted by Gasteiger charge is -2.42. The number of carbonyl (C=O) groups excluding carboxylic acids is 2. The summed E-state index contributed by atoms with van der Waals surface area (Å²) in [6, 6.07) is 0. The summed E-state index contributed by atoms with van der Waals surface area (Å²) in [7, 11) is 0. The Morgan fingerprint density at radius 1 is 1.41 bits per heavy atom. The summed E-state index contributed by atoms with van der Waals surface area (Å²) in [4.78, 5) is 24.8. The Kier molecular flexibility index (Phi) is 3.52. The van der Waals surface area contributed by atoms with Crippen LogP contribution in [0, 0.1) is 11.3 Å². The lowest BCUT2D eigenvalue weighted by molar-refractivity contribution is -0.147. The van der Waals surface area contributed by atoms with Crippen LogP contribution in [0.2, 0.25) is 0 Å². The van der Waals surface area contributed by atoms with Crippen molar-refractivity contribution >= 4 is 11.7 Å². The highest BCUT2D eigenvalue weighted by Crippen LogP contribution is 2.35. The predicted molar refractivity (Wildman–Crippen MR) is 63.4 cm³/mol. The smallest absolute Gasteiger partial charge is 0.226 e. The normalized spacial score (nSPS) is 24.6. The molecule has 1 N–H and O–H groups in total. The molecule has 0 spiro atoms. The molecule has 1 amide bonds. The fourth-order valence-electron chi connectivity index (χ4n) is 2.75. The summed E-state index contributed by atoms with van der Waals surface area (Å²) in [6.45, 7) is 3.78. The van der Waals surface area contributed by atoms with Gasteiger partial charge in [-0.1, -0.05) is 6.92 Å². The third-order valence-electron chi connectivity index (χ3n) is 4.52. The number of Topliss-reactive ketones (excluding diaryl/α,β-unsaturated/α-hetero) is 1. The molecular weight excluding hydrogens is 218 g/mol. The van der Waals surface area contributed by atoms with Crippen LogP contribution in [-0.4, -0.2) is 41.4 Å². The summed E-state index contributed by atoms with van der Waals surface area (Å²) in [5, 5.41) is 9.42. The SMILES string of the molecule is CCC1(CO)CCN(C(=O)C2CC(=O)C2)CC1. The van der Waals surface area contributed by atoms with Crippen LogP contribution in [0.4, 0.5) is 0 Å². The molecule has 0 bridgehead atoms. The number of likely N-dealkylation sites (tertiary alicyclic amines) is 1. The minimum atomic E-state index is -0.0502. The highest BCUT2D eigenvalue weighted by Gasteiger charge is 2.39. The van der Waals surface area contributed by atoms with Crippen LogP contribution in [0.5, 0.6) is 0 Å². The van der Waals surface area contributed by atoms with Gasteiger partial charge in [0.05, 0.1) is 5.92 Å². The lowest BCUT2D eigenvalue weighted by atomic mass is 9.76. The molecule has 0 radical (unpaired) electrons. The first-order chi connectivity index (χ1) is 8.10. The number of hydrogen-bond donors (Lipinski definition) is 1. The van der Waals surface area contributed by atoms with Gasteiger partial charge in [0.15, 0.2) is 0 Å². The summed E-state index contributed by atoms with van der Waals surface area (Å²) < 4.78 is 0. The Morgan fingerprint density at radius 3 is 2.41 bits per heavy atom. The number of hydrogen-bond acceptors (Lipinski definition) is 3. The standard InChI is InChI=1S/C13H21NO3/c1-2-13(9-15)3-5-14(6-4-13)12(17)10-7-11(16)8-10/h10,15H,2-9H2,1H3. The number of amides is 1. The maximum absolute atomic E-state index is 12.0. The summed E-state index contributed by atoms with van der Waals surface area (Å²) >= 11 is 0. The molecule has 0 aromatic rings. The first kappa shape index (κ1) is 12.6. The van der Waals surface area contributed by atoms with Gasteiger partial charge < -0.3 is 10.0 Å². The second kappa shape index (κ2) is 4.77. The van der Waals surface area contributed by atoms with Crippen molar-refractivity contribution in [3.05, 3.63) is 0 Å². The zero-order valence-corrected chi connectivity index (χ0v) is 10.4. The van der Waals surface area contributed by atoms with E-state index >= 15 is 0 Å². The Balaban J connectivity index is 1.86. The van der Waals surface area contributed by atoms with E-state index in [1.54, 1.807) is 0 Å². The van der Waals surface area contributed by atoms with Gasteiger partial charge in [-0.05, 0) is 24.7 Å². The van der Waals surface area contributed by atoms with E-state index in [4.69, 9.17) is 0 Å². The van der Waals surface area contributed by atoms with Gasteiger partial charge in [-0.15, -0.1) is 0 Å². The highest BCUT2D eigenvalue weighted by molar-refractivity contribution is 5.96. The molecule has 2 rings (SSSR count). The molecule has 4 heteroatoms. The Labute approximate surface area is 102 Å². The molecule has 2 fully saturated rings. The number of rotatable bonds is 3. The van der Waals surface area contributed by atoms with Crippen molar-refractivity contribution in [2.24, 2.45) is 11.3 Å². The largest absolute Gasteiger partial charge is 0.396 e. The molecule has 0 atom stereocenters. The van der Waals surface area contributed by atoms with Crippen LogP contribution in [0.3, 0.4) is 0 Å². The molecule has 1 aliphatic carbocycles. The molecule has 17 heavy (non-hydrogen) atoms. The third-order valence-corrected chi connectivity index (χ3v) is 4.52. The second-order valence-electron chi connectivity index (χ2n) is 5.48. The highest BCUT2D eigenvalue weighted by atomic mass is 16.3. The third kappa shape index (κ3) is 2.37. The Hall–Kier alpha value is -0.900. The zero-order valence-electron chi connectivity index (χ0n) is 10.4. The maximum atomic E-state index is 12.0. The van der Waals surface area contributed by atoms with Gasteiger partial charge in [0.2, 0.25) is 5.91 Å². The van der Waals surface area contributed by atoms with Crippen molar-refractivity contribution in [2.75, 3.05) is 19.7 Å². The fourth-order valence-corrected chi connectivity index (χ4v) is 2.75. The van der Waals surface area contributed by atoms with Crippen molar-refractivity contribution in [1.82, 2.24) is 4.90 Å². The molecule has 0 aromatic heterocycles. The number of ketones is 1. The van der Waals surface area contributed by atoms with Crippen LogP contribution < -0.4 is 0 Å². The molecule has 4 nitrogen and oxygen atoms in total. The summed E-state index contributed by atoms with van der Waals surface area (Å²) in [6.07, 6.45) is 3.61. The van der Waals surface area contributed by atoms with Crippen molar-refractivity contribution in [2.45, 2.75) is 39.0 Å². The van der Waals surface area contributed by atoms with Gasteiger partial charge in [-0.25, -0.2) is 0 Å². The molecule has 1 aliphatic heterocycles. The van der Waals surface area contributed by atoms with Crippen LogP contribution in [0.25, 0.3) is 0 Å². The van der Waals surface area contributed by atoms with Gasteiger partial charge in [-0.2, -0.15) is 0 Å². The van der Waals surface area contributed by atoms with Gasteiger partial charge in [0.1, 0.15) is 5.78 Å². The molecule has 1 heterocycles. The second-order valence-corrected chi connectivity index (χ2v) is 5.48. The molecule has 96 valence electrons. The van der Waals surface area contributed by atoms with E-state index in [-0.39, 0.29) is 29.6 Å². The fraction of sp³-hybridized carbons (Fsp3) is 0.846. The Bertz CT molecular complexity index is 305. The molecule has 0 unspecified atom stereocenters. The van der Waals surface area contributed by atoms with Crippen molar-refractivity contribution in [3.63, 3.8) is 0 Å². The monoisotopic (exact) mass is 239 g/mol. The predicted octanol–water partition coefficient (Wildman–Crippen LogP) is 0.977. The van der Waals surface area contributed by atoms with Crippen LogP contribution in [0.1, 0.15) is 39.0 Å². The van der Waals surface area contributed by atoms with Gasteiger partial charge in [-0.3, -0.25) is 9.59 Å². The van der Waals surface area contributed by atoms with E-state index in [0.29, 0.717) is 12.8 Å². The molecule has 1 saturated carbocycles.